The summed E-state index contributed by atoms with van der Waals surface area (Å²) in [5, 5.41) is 3.17. The first-order valence-corrected chi connectivity index (χ1v) is 9.45. The highest BCUT2D eigenvalue weighted by molar-refractivity contribution is 5.85. The first-order valence-electron chi connectivity index (χ1n) is 9.45. The average molecular weight is 418 g/mol. The number of methoxy groups -OCH3 is 1. The summed E-state index contributed by atoms with van der Waals surface area (Å²) in [5.41, 5.74) is 7.18. The van der Waals surface area contributed by atoms with E-state index in [9.17, 15) is 4.79 Å². The summed E-state index contributed by atoms with van der Waals surface area (Å²) in [6.07, 6.45) is 5.20. The van der Waals surface area contributed by atoms with Crippen LogP contribution in [0, 0.1) is 11.8 Å². The molecule has 3 unspecified atom stereocenters. The lowest BCUT2D eigenvalue weighted by Gasteiger charge is -2.37. The maximum Gasteiger partial charge on any atom is 0.224 e. The molecule has 0 spiro atoms. The summed E-state index contributed by atoms with van der Waals surface area (Å²) in [7, 11) is 1.69. The second-order valence-electron chi connectivity index (χ2n) is 7.85. The number of nitrogens with one attached hydrogen (secondary N) is 1. The first kappa shape index (κ1) is 23.9. The highest BCUT2D eigenvalue weighted by Crippen LogP contribution is 2.32. The van der Waals surface area contributed by atoms with Crippen molar-refractivity contribution in [3.8, 4) is 5.75 Å². The van der Waals surface area contributed by atoms with Gasteiger partial charge in [-0.2, -0.15) is 0 Å². The van der Waals surface area contributed by atoms with E-state index in [1.165, 1.54) is 5.69 Å². The van der Waals surface area contributed by atoms with E-state index in [0.717, 1.165) is 57.5 Å². The zero-order valence-electron chi connectivity index (χ0n) is 16.3. The van der Waals surface area contributed by atoms with Gasteiger partial charge < -0.3 is 20.7 Å². The van der Waals surface area contributed by atoms with Gasteiger partial charge in [0.15, 0.2) is 0 Å². The maximum absolute atomic E-state index is 12.6. The van der Waals surface area contributed by atoms with Crippen LogP contribution >= 0.6 is 24.8 Å². The number of nitrogens with zero attached hydrogens (tertiary/aromatic N) is 1. The van der Waals surface area contributed by atoms with Gasteiger partial charge in [-0.15, -0.1) is 24.8 Å². The lowest BCUT2D eigenvalue weighted by atomic mass is 9.74. The molecule has 0 aromatic heterocycles. The van der Waals surface area contributed by atoms with E-state index < -0.39 is 0 Å². The highest BCUT2D eigenvalue weighted by Gasteiger charge is 2.38. The van der Waals surface area contributed by atoms with E-state index >= 15 is 0 Å². The van der Waals surface area contributed by atoms with E-state index in [0.29, 0.717) is 5.92 Å². The number of carbonyl (C=O) groups is 1. The molecule has 3 rings (SSSR count). The Labute approximate surface area is 175 Å². The molecule has 0 radical (unpaired) electrons. The number of halogens is 2. The van der Waals surface area contributed by atoms with Gasteiger partial charge in [0.2, 0.25) is 5.91 Å². The Hall–Kier alpha value is -1.17. The van der Waals surface area contributed by atoms with Crippen LogP contribution in [0.3, 0.4) is 0 Å². The van der Waals surface area contributed by atoms with Crippen molar-refractivity contribution < 1.29 is 9.53 Å². The first-order chi connectivity index (χ1) is 12.0. The van der Waals surface area contributed by atoms with Crippen molar-refractivity contribution in [2.45, 2.75) is 44.6 Å². The van der Waals surface area contributed by atoms with Crippen molar-refractivity contribution in [2.24, 2.45) is 17.6 Å². The number of rotatable bonds is 5. The van der Waals surface area contributed by atoms with Crippen LogP contribution in [0.2, 0.25) is 0 Å². The molecule has 1 aromatic carbocycles. The van der Waals surface area contributed by atoms with Crippen LogP contribution in [-0.2, 0) is 4.79 Å². The standard InChI is InChI=1S/C20H31N3O2.2ClH/c1-20(21)10-4-3-8-18(20)19(24)22-13-15-9-11-23(14-15)16-6-5-7-17(12-16)25-2;;/h5-7,12,15,18H,3-4,8-11,13-14,21H2,1-2H3,(H,22,24);2*1H. The molecule has 3 N–H and O–H groups in total. The summed E-state index contributed by atoms with van der Waals surface area (Å²) in [6.45, 7) is 4.76. The minimum Gasteiger partial charge on any atom is -0.497 e. The predicted octanol–water partition coefficient (Wildman–Crippen LogP) is 3.39. The van der Waals surface area contributed by atoms with Crippen molar-refractivity contribution in [1.29, 1.82) is 0 Å². The molecule has 2 fully saturated rings. The number of benzene rings is 1. The molecule has 1 saturated carbocycles. The maximum atomic E-state index is 12.6. The number of amides is 1. The highest BCUT2D eigenvalue weighted by atomic mass is 35.5. The van der Waals surface area contributed by atoms with Crippen LogP contribution in [0.4, 0.5) is 5.69 Å². The minimum absolute atomic E-state index is 0. The monoisotopic (exact) mass is 417 g/mol. The molecule has 1 aliphatic heterocycles. The molecule has 1 amide bonds. The SMILES string of the molecule is COc1cccc(N2CCC(CNC(=O)C3CCCCC3(C)N)C2)c1.Cl.Cl. The lowest BCUT2D eigenvalue weighted by Crippen LogP contribution is -2.53. The third-order valence-corrected chi connectivity index (χ3v) is 5.84. The molecule has 7 heteroatoms. The molecule has 5 nitrogen and oxygen atoms in total. The molecule has 1 heterocycles. The Morgan fingerprint density at radius 2 is 2.11 bits per heavy atom. The Kier molecular flexibility index (Phi) is 9.19. The van der Waals surface area contributed by atoms with Gasteiger partial charge >= 0.3 is 0 Å². The Morgan fingerprint density at radius 1 is 1.33 bits per heavy atom. The molecule has 154 valence electrons. The molecule has 1 aliphatic carbocycles. The number of hydrogen-bond donors (Lipinski definition) is 2. The van der Waals surface area contributed by atoms with Crippen molar-refractivity contribution in [1.82, 2.24) is 5.32 Å². The van der Waals surface area contributed by atoms with Gasteiger partial charge in [0.25, 0.3) is 0 Å². The van der Waals surface area contributed by atoms with Crippen LogP contribution in [0.1, 0.15) is 39.0 Å². The Bertz CT molecular complexity index is 613. The van der Waals surface area contributed by atoms with Crippen molar-refractivity contribution in [3.05, 3.63) is 24.3 Å². The third-order valence-electron chi connectivity index (χ3n) is 5.84. The molecular weight excluding hydrogens is 385 g/mol. The van der Waals surface area contributed by atoms with Crippen LogP contribution in [0.25, 0.3) is 0 Å². The molecular formula is C20H33Cl2N3O2. The van der Waals surface area contributed by atoms with Gasteiger partial charge in [0.05, 0.1) is 13.0 Å². The van der Waals surface area contributed by atoms with Crippen LogP contribution in [-0.4, -0.2) is 38.2 Å². The predicted molar refractivity (Wildman–Crippen MR) is 115 cm³/mol. The topological polar surface area (TPSA) is 67.6 Å². The molecule has 1 aromatic rings. The van der Waals surface area contributed by atoms with Crippen molar-refractivity contribution in [3.63, 3.8) is 0 Å². The second-order valence-corrected chi connectivity index (χ2v) is 7.85. The summed E-state index contributed by atoms with van der Waals surface area (Å²) >= 11 is 0. The van der Waals surface area contributed by atoms with Crippen LogP contribution in [0.5, 0.6) is 5.75 Å². The third kappa shape index (κ3) is 5.90. The Morgan fingerprint density at radius 3 is 2.81 bits per heavy atom. The molecule has 27 heavy (non-hydrogen) atoms. The van der Waals surface area contributed by atoms with Gasteiger partial charge in [-0.1, -0.05) is 18.9 Å². The van der Waals surface area contributed by atoms with E-state index in [1.54, 1.807) is 7.11 Å². The van der Waals surface area contributed by atoms with Gasteiger partial charge in [-0.05, 0) is 44.2 Å². The van der Waals surface area contributed by atoms with E-state index in [1.807, 2.05) is 19.1 Å². The zero-order chi connectivity index (χ0) is 17.9. The fraction of sp³-hybridized carbons (Fsp3) is 0.650. The number of anilines is 1. The van der Waals surface area contributed by atoms with Gasteiger partial charge in [0.1, 0.15) is 5.75 Å². The van der Waals surface area contributed by atoms with Crippen molar-refractivity contribution >= 4 is 36.4 Å². The van der Waals surface area contributed by atoms with E-state index in [4.69, 9.17) is 10.5 Å². The van der Waals surface area contributed by atoms with Gasteiger partial charge in [-0.25, -0.2) is 0 Å². The second kappa shape index (κ2) is 10.4. The molecule has 2 aliphatic rings. The summed E-state index contributed by atoms with van der Waals surface area (Å²) in [6, 6.07) is 8.17. The quantitative estimate of drug-likeness (QED) is 0.769. The summed E-state index contributed by atoms with van der Waals surface area (Å²) in [5.74, 6) is 1.47. The van der Waals surface area contributed by atoms with E-state index in [-0.39, 0.29) is 42.2 Å². The van der Waals surface area contributed by atoms with Crippen LogP contribution < -0.4 is 20.7 Å². The summed E-state index contributed by atoms with van der Waals surface area (Å²) < 4.78 is 5.31. The van der Waals surface area contributed by atoms with Gasteiger partial charge in [-0.3, -0.25) is 4.79 Å². The Balaban J connectivity index is 0.00000182. The summed E-state index contributed by atoms with van der Waals surface area (Å²) in [4.78, 5) is 15.0. The van der Waals surface area contributed by atoms with Gasteiger partial charge in [0, 0.05) is 36.9 Å². The average Bonchev–Trinajstić information content (AvgIpc) is 3.08. The molecule has 3 atom stereocenters. The number of hydrogen-bond acceptors (Lipinski definition) is 4. The fourth-order valence-electron chi connectivity index (χ4n) is 4.20. The number of ether oxygens (including phenoxy) is 1. The largest absolute Gasteiger partial charge is 0.497 e. The number of nitrogens with two attached hydrogens (primary N) is 1. The lowest BCUT2D eigenvalue weighted by molar-refractivity contribution is -0.128. The zero-order valence-corrected chi connectivity index (χ0v) is 17.9. The molecule has 0 bridgehead atoms. The van der Waals surface area contributed by atoms with E-state index in [2.05, 4.69) is 22.3 Å². The van der Waals surface area contributed by atoms with Crippen LogP contribution in [0.15, 0.2) is 24.3 Å². The smallest absolute Gasteiger partial charge is 0.224 e. The number of carbonyl (C=O) groups excluding carboxylic acids is 1. The van der Waals surface area contributed by atoms with Crippen molar-refractivity contribution in [2.75, 3.05) is 31.6 Å². The normalized spacial score (nSPS) is 27.3. The minimum atomic E-state index is -0.357. The molecule has 1 saturated heterocycles. The fourth-order valence-corrected chi connectivity index (χ4v) is 4.20.